The number of carbonyl (C=O) groups excluding carboxylic acids is 1. The minimum absolute atomic E-state index is 0.0543. The molecule has 4 aromatic rings. The van der Waals surface area contributed by atoms with E-state index in [1.807, 2.05) is 37.3 Å². The second-order valence-corrected chi connectivity index (χ2v) is 7.48. The van der Waals surface area contributed by atoms with Crippen molar-refractivity contribution in [1.82, 2.24) is 25.0 Å². The van der Waals surface area contributed by atoms with Gasteiger partial charge in [-0.3, -0.25) is 4.79 Å². The third-order valence-corrected chi connectivity index (χ3v) is 5.39. The number of hydrogen-bond acceptors (Lipinski definition) is 5. The highest BCUT2D eigenvalue weighted by Gasteiger charge is 2.33. The molecule has 2 aromatic heterocycles. The Morgan fingerprint density at radius 3 is 2.57 bits per heavy atom. The maximum Gasteiger partial charge on any atom is 0.272 e. The Hall–Kier alpha value is -3.87. The second kappa shape index (κ2) is 7.18. The molecule has 0 fully saturated rings. The Kier molecular flexibility index (Phi) is 4.35. The van der Waals surface area contributed by atoms with E-state index in [2.05, 4.69) is 56.8 Å². The highest BCUT2D eigenvalue weighted by molar-refractivity contribution is 5.95. The summed E-state index contributed by atoms with van der Waals surface area (Å²) in [7, 11) is 0. The predicted molar refractivity (Wildman–Crippen MR) is 113 cm³/mol. The highest BCUT2D eigenvalue weighted by atomic mass is 16.1. The van der Waals surface area contributed by atoms with Crippen molar-refractivity contribution in [1.29, 1.82) is 0 Å². The van der Waals surface area contributed by atoms with Gasteiger partial charge in [0.25, 0.3) is 5.95 Å². The van der Waals surface area contributed by atoms with Gasteiger partial charge in [-0.05, 0) is 19.4 Å². The van der Waals surface area contributed by atoms with Crippen LogP contribution in [0.5, 0.6) is 0 Å². The Bertz CT molecular complexity index is 1230. The van der Waals surface area contributed by atoms with Gasteiger partial charge in [0.1, 0.15) is 5.82 Å². The Balaban J connectivity index is 1.62. The van der Waals surface area contributed by atoms with Gasteiger partial charge in [0.15, 0.2) is 0 Å². The predicted octanol–water partition coefficient (Wildman–Crippen LogP) is 3.82. The number of carbonyl (C=O) groups is 1. The molecule has 1 aliphatic rings. The fraction of sp³-hybridized carbons (Fsp3) is 0.174. The van der Waals surface area contributed by atoms with Gasteiger partial charge in [-0.1, -0.05) is 60.2 Å². The molecule has 1 aliphatic heterocycles. The van der Waals surface area contributed by atoms with E-state index in [0.29, 0.717) is 23.9 Å². The van der Waals surface area contributed by atoms with Crippen LogP contribution in [0.15, 0.2) is 60.8 Å². The number of amides is 1. The first-order chi connectivity index (χ1) is 14.6. The van der Waals surface area contributed by atoms with Crippen molar-refractivity contribution in [2.45, 2.75) is 26.2 Å². The standard InChI is InChI=1S/C23H20N6O/c1-14-8-10-16(11-9-14)18-12-20(30)26-22-21(18)15(2)28-29(22)23-25-19(13-24-27-23)17-6-4-3-5-7-17/h3-11,13,18H,12H2,1-2H3,(H,26,30). The summed E-state index contributed by atoms with van der Waals surface area (Å²) >= 11 is 0. The lowest BCUT2D eigenvalue weighted by Crippen LogP contribution is -2.25. The number of hydrogen-bond donors (Lipinski definition) is 1. The molecular formula is C23H20N6O. The number of aromatic nitrogens is 5. The minimum atomic E-state index is -0.0617. The summed E-state index contributed by atoms with van der Waals surface area (Å²) in [6.45, 7) is 4.00. The van der Waals surface area contributed by atoms with Crippen molar-refractivity contribution < 1.29 is 4.79 Å². The summed E-state index contributed by atoms with van der Waals surface area (Å²) in [5, 5.41) is 15.9. The maximum absolute atomic E-state index is 12.5. The molecule has 1 atom stereocenters. The SMILES string of the molecule is Cc1ccc(C2CC(=O)Nc3c2c(C)nn3-c2nncc(-c3ccccc3)n2)cc1. The Morgan fingerprint density at radius 1 is 1.03 bits per heavy atom. The van der Waals surface area contributed by atoms with Gasteiger partial charge in [0.2, 0.25) is 5.91 Å². The van der Waals surface area contributed by atoms with Crippen LogP contribution in [0.2, 0.25) is 0 Å². The van der Waals surface area contributed by atoms with Gasteiger partial charge in [-0.25, -0.2) is 4.98 Å². The molecule has 7 heteroatoms. The average Bonchev–Trinajstić information content (AvgIpc) is 3.11. The van der Waals surface area contributed by atoms with Gasteiger partial charge in [0.05, 0.1) is 17.6 Å². The zero-order chi connectivity index (χ0) is 20.7. The molecule has 148 valence electrons. The lowest BCUT2D eigenvalue weighted by molar-refractivity contribution is -0.116. The zero-order valence-corrected chi connectivity index (χ0v) is 16.7. The number of aryl methyl sites for hydroxylation is 2. The van der Waals surface area contributed by atoms with Gasteiger partial charge < -0.3 is 5.32 Å². The van der Waals surface area contributed by atoms with Crippen LogP contribution in [0.1, 0.15) is 34.7 Å². The first-order valence-corrected chi connectivity index (χ1v) is 9.81. The van der Waals surface area contributed by atoms with Gasteiger partial charge in [-0.2, -0.15) is 14.9 Å². The van der Waals surface area contributed by atoms with E-state index in [0.717, 1.165) is 22.4 Å². The molecule has 1 N–H and O–H groups in total. The molecule has 5 rings (SSSR count). The monoisotopic (exact) mass is 396 g/mol. The van der Waals surface area contributed by atoms with Crippen LogP contribution in [0, 0.1) is 13.8 Å². The third-order valence-electron chi connectivity index (χ3n) is 5.39. The number of nitrogens with one attached hydrogen (secondary N) is 1. The maximum atomic E-state index is 12.5. The summed E-state index contributed by atoms with van der Waals surface area (Å²) in [4.78, 5) is 17.2. The van der Waals surface area contributed by atoms with Crippen LogP contribution in [0.25, 0.3) is 17.2 Å². The van der Waals surface area contributed by atoms with E-state index in [1.165, 1.54) is 5.56 Å². The van der Waals surface area contributed by atoms with Gasteiger partial charge in [0, 0.05) is 23.5 Å². The number of anilines is 1. The van der Waals surface area contributed by atoms with Gasteiger partial charge >= 0.3 is 0 Å². The number of benzene rings is 2. The molecule has 7 nitrogen and oxygen atoms in total. The smallest absolute Gasteiger partial charge is 0.272 e. The average molecular weight is 396 g/mol. The van der Waals surface area contributed by atoms with Crippen molar-refractivity contribution in [3.8, 4) is 17.2 Å². The van der Waals surface area contributed by atoms with Crippen LogP contribution in [0.4, 0.5) is 5.82 Å². The lowest BCUT2D eigenvalue weighted by atomic mass is 9.85. The molecule has 0 spiro atoms. The summed E-state index contributed by atoms with van der Waals surface area (Å²) in [6, 6.07) is 18.1. The summed E-state index contributed by atoms with van der Waals surface area (Å²) in [5.41, 5.74) is 5.74. The quantitative estimate of drug-likeness (QED) is 0.569. The van der Waals surface area contributed by atoms with Crippen molar-refractivity contribution in [3.63, 3.8) is 0 Å². The molecule has 1 unspecified atom stereocenters. The van der Waals surface area contributed by atoms with E-state index < -0.39 is 0 Å². The normalized spacial score (nSPS) is 15.5. The fourth-order valence-corrected chi connectivity index (χ4v) is 3.91. The molecule has 3 heterocycles. The minimum Gasteiger partial charge on any atom is -0.310 e. The van der Waals surface area contributed by atoms with Crippen LogP contribution in [-0.2, 0) is 4.79 Å². The number of rotatable bonds is 3. The van der Waals surface area contributed by atoms with E-state index in [9.17, 15) is 4.79 Å². The van der Waals surface area contributed by atoms with E-state index in [4.69, 9.17) is 0 Å². The van der Waals surface area contributed by atoms with Crippen LogP contribution < -0.4 is 5.32 Å². The largest absolute Gasteiger partial charge is 0.310 e. The summed E-state index contributed by atoms with van der Waals surface area (Å²) in [5.74, 6) is 0.821. The second-order valence-electron chi connectivity index (χ2n) is 7.48. The molecule has 0 aliphatic carbocycles. The number of nitrogens with zero attached hydrogens (tertiary/aromatic N) is 5. The molecule has 30 heavy (non-hydrogen) atoms. The van der Waals surface area contributed by atoms with E-state index >= 15 is 0 Å². The molecule has 0 saturated carbocycles. The molecular weight excluding hydrogens is 376 g/mol. The topological polar surface area (TPSA) is 85.6 Å². The van der Waals surface area contributed by atoms with Gasteiger partial charge in [-0.15, -0.1) is 5.10 Å². The lowest BCUT2D eigenvalue weighted by Gasteiger charge is -2.24. The Morgan fingerprint density at radius 2 is 1.80 bits per heavy atom. The van der Waals surface area contributed by atoms with Crippen molar-refractivity contribution in [3.05, 3.63) is 83.2 Å². The van der Waals surface area contributed by atoms with E-state index in [1.54, 1.807) is 10.9 Å². The van der Waals surface area contributed by atoms with Crippen molar-refractivity contribution in [2.75, 3.05) is 5.32 Å². The zero-order valence-electron chi connectivity index (χ0n) is 16.7. The molecule has 1 amide bonds. The summed E-state index contributed by atoms with van der Waals surface area (Å²) < 4.78 is 1.59. The Labute approximate surface area is 173 Å². The van der Waals surface area contributed by atoms with Crippen LogP contribution in [0.3, 0.4) is 0 Å². The first kappa shape index (κ1) is 18.2. The number of fused-ring (bicyclic) bond motifs is 1. The molecule has 0 saturated heterocycles. The van der Waals surface area contributed by atoms with Crippen molar-refractivity contribution in [2.24, 2.45) is 0 Å². The molecule has 0 bridgehead atoms. The first-order valence-electron chi connectivity index (χ1n) is 9.81. The third kappa shape index (κ3) is 3.14. The van der Waals surface area contributed by atoms with Crippen molar-refractivity contribution >= 4 is 11.7 Å². The molecule has 2 aromatic carbocycles. The fourth-order valence-electron chi connectivity index (χ4n) is 3.91. The molecule has 0 radical (unpaired) electrons. The van der Waals surface area contributed by atoms with Crippen LogP contribution in [-0.4, -0.2) is 30.9 Å². The highest BCUT2D eigenvalue weighted by Crippen LogP contribution is 2.39. The van der Waals surface area contributed by atoms with E-state index in [-0.39, 0.29) is 11.8 Å². The summed E-state index contributed by atoms with van der Waals surface area (Å²) in [6.07, 6.45) is 2.00. The van der Waals surface area contributed by atoms with Crippen LogP contribution >= 0.6 is 0 Å².